The molecule has 0 aromatic heterocycles. The van der Waals surface area contributed by atoms with Crippen molar-refractivity contribution in [3.63, 3.8) is 0 Å². The van der Waals surface area contributed by atoms with Crippen LogP contribution in [0.2, 0.25) is 0 Å². The lowest BCUT2D eigenvalue weighted by atomic mass is 9.95. The SMILES string of the molecule is COc1cc(C)cc(OC)c1CC1(CO)CC1. The molecule has 2 rings (SSSR count). The van der Waals surface area contributed by atoms with Gasteiger partial charge in [0.1, 0.15) is 11.5 Å². The minimum Gasteiger partial charge on any atom is -0.496 e. The number of methoxy groups -OCH3 is 2. The van der Waals surface area contributed by atoms with Crippen LogP contribution in [0.1, 0.15) is 24.0 Å². The van der Waals surface area contributed by atoms with Crippen molar-refractivity contribution in [2.75, 3.05) is 20.8 Å². The highest BCUT2D eigenvalue weighted by Crippen LogP contribution is 2.50. The lowest BCUT2D eigenvalue weighted by Gasteiger charge is -2.18. The Morgan fingerprint density at radius 1 is 1.18 bits per heavy atom. The van der Waals surface area contributed by atoms with E-state index in [1.807, 2.05) is 19.1 Å². The fraction of sp³-hybridized carbons (Fsp3) is 0.571. The molecule has 0 unspecified atom stereocenters. The monoisotopic (exact) mass is 236 g/mol. The standard InChI is InChI=1S/C14H20O3/c1-10-6-12(16-2)11(13(7-10)17-3)8-14(9-15)4-5-14/h6-7,15H,4-5,8-9H2,1-3H3. The van der Waals surface area contributed by atoms with Gasteiger partial charge < -0.3 is 14.6 Å². The first-order chi connectivity index (χ1) is 8.14. The molecule has 1 aliphatic carbocycles. The number of benzene rings is 1. The van der Waals surface area contributed by atoms with Gasteiger partial charge in [0.2, 0.25) is 0 Å². The van der Waals surface area contributed by atoms with Crippen LogP contribution < -0.4 is 9.47 Å². The molecule has 94 valence electrons. The second kappa shape index (κ2) is 4.57. The fourth-order valence-corrected chi connectivity index (χ4v) is 2.23. The predicted octanol–water partition coefficient (Wildman–Crippen LogP) is 2.33. The van der Waals surface area contributed by atoms with Crippen molar-refractivity contribution in [3.05, 3.63) is 23.3 Å². The molecule has 1 saturated carbocycles. The Morgan fingerprint density at radius 2 is 1.71 bits per heavy atom. The van der Waals surface area contributed by atoms with E-state index in [1.165, 1.54) is 0 Å². The van der Waals surface area contributed by atoms with Gasteiger partial charge in [0.25, 0.3) is 0 Å². The van der Waals surface area contributed by atoms with E-state index in [0.717, 1.165) is 41.9 Å². The molecule has 0 saturated heterocycles. The second-order valence-corrected chi connectivity index (χ2v) is 4.98. The van der Waals surface area contributed by atoms with Crippen LogP contribution in [0.5, 0.6) is 11.5 Å². The molecule has 17 heavy (non-hydrogen) atoms. The third kappa shape index (κ3) is 2.39. The molecule has 0 amide bonds. The zero-order chi connectivity index (χ0) is 12.5. The summed E-state index contributed by atoms with van der Waals surface area (Å²) in [4.78, 5) is 0. The molecule has 1 fully saturated rings. The molecule has 0 heterocycles. The highest BCUT2D eigenvalue weighted by molar-refractivity contribution is 5.48. The van der Waals surface area contributed by atoms with Gasteiger partial charge in [-0.2, -0.15) is 0 Å². The van der Waals surface area contributed by atoms with Crippen LogP contribution in [0, 0.1) is 12.3 Å². The molecule has 1 aromatic rings. The summed E-state index contributed by atoms with van der Waals surface area (Å²) in [5.41, 5.74) is 2.26. The van der Waals surface area contributed by atoms with Gasteiger partial charge >= 0.3 is 0 Å². The highest BCUT2D eigenvalue weighted by atomic mass is 16.5. The third-order valence-corrected chi connectivity index (χ3v) is 3.60. The van der Waals surface area contributed by atoms with Gasteiger partial charge in [-0.15, -0.1) is 0 Å². The normalized spacial score (nSPS) is 16.7. The number of aryl methyl sites for hydroxylation is 1. The molecule has 3 heteroatoms. The molecular weight excluding hydrogens is 216 g/mol. The number of aliphatic hydroxyl groups is 1. The molecule has 0 radical (unpaired) electrons. The summed E-state index contributed by atoms with van der Waals surface area (Å²) in [6, 6.07) is 4.04. The summed E-state index contributed by atoms with van der Waals surface area (Å²) in [5.74, 6) is 1.73. The molecular formula is C14H20O3. The zero-order valence-electron chi connectivity index (χ0n) is 10.7. The van der Waals surface area contributed by atoms with Crippen molar-refractivity contribution in [1.82, 2.24) is 0 Å². The molecule has 3 nitrogen and oxygen atoms in total. The number of ether oxygens (including phenoxy) is 2. The van der Waals surface area contributed by atoms with E-state index >= 15 is 0 Å². The van der Waals surface area contributed by atoms with Crippen LogP contribution in [0.4, 0.5) is 0 Å². The van der Waals surface area contributed by atoms with Gasteiger partial charge in [0.15, 0.2) is 0 Å². The predicted molar refractivity (Wildman–Crippen MR) is 66.7 cm³/mol. The summed E-state index contributed by atoms with van der Waals surface area (Å²) < 4.78 is 10.9. The quantitative estimate of drug-likeness (QED) is 0.852. The molecule has 0 bridgehead atoms. The maximum absolute atomic E-state index is 9.42. The van der Waals surface area contributed by atoms with Gasteiger partial charge in [-0.1, -0.05) is 0 Å². The van der Waals surface area contributed by atoms with E-state index in [-0.39, 0.29) is 12.0 Å². The summed E-state index contributed by atoms with van der Waals surface area (Å²) >= 11 is 0. The van der Waals surface area contributed by atoms with Crippen molar-refractivity contribution < 1.29 is 14.6 Å². The number of hydrogen-bond donors (Lipinski definition) is 1. The van der Waals surface area contributed by atoms with Crippen LogP contribution in [0.3, 0.4) is 0 Å². The van der Waals surface area contributed by atoms with Gasteiger partial charge in [-0.3, -0.25) is 0 Å². The van der Waals surface area contributed by atoms with Crippen molar-refractivity contribution in [2.45, 2.75) is 26.2 Å². The Kier molecular flexibility index (Phi) is 3.29. The summed E-state index contributed by atoms with van der Waals surface area (Å²) in [7, 11) is 3.35. The second-order valence-electron chi connectivity index (χ2n) is 4.98. The van der Waals surface area contributed by atoms with Crippen LogP contribution in [0.25, 0.3) is 0 Å². The van der Waals surface area contributed by atoms with Crippen LogP contribution in [0.15, 0.2) is 12.1 Å². The van der Waals surface area contributed by atoms with Crippen molar-refractivity contribution in [2.24, 2.45) is 5.41 Å². The van der Waals surface area contributed by atoms with Gasteiger partial charge in [0, 0.05) is 12.2 Å². The van der Waals surface area contributed by atoms with Crippen LogP contribution in [-0.4, -0.2) is 25.9 Å². The van der Waals surface area contributed by atoms with Crippen LogP contribution in [-0.2, 0) is 6.42 Å². The molecule has 1 aromatic carbocycles. The Morgan fingerprint density at radius 3 is 2.06 bits per heavy atom. The maximum atomic E-state index is 9.42. The van der Waals surface area contributed by atoms with Crippen molar-refractivity contribution in [3.8, 4) is 11.5 Å². The Hall–Kier alpha value is -1.22. The Bertz CT molecular complexity index is 383. The number of hydrogen-bond acceptors (Lipinski definition) is 3. The van der Waals surface area contributed by atoms with E-state index in [9.17, 15) is 5.11 Å². The first-order valence-corrected chi connectivity index (χ1v) is 5.96. The average Bonchev–Trinajstić information content (AvgIpc) is 3.11. The zero-order valence-corrected chi connectivity index (χ0v) is 10.7. The first kappa shape index (κ1) is 12.2. The number of rotatable bonds is 5. The van der Waals surface area contributed by atoms with E-state index in [4.69, 9.17) is 9.47 Å². The molecule has 1 N–H and O–H groups in total. The Balaban J connectivity index is 2.36. The fourth-order valence-electron chi connectivity index (χ4n) is 2.23. The topological polar surface area (TPSA) is 38.7 Å². The van der Waals surface area contributed by atoms with Gasteiger partial charge in [-0.05, 0) is 49.3 Å². The third-order valence-electron chi connectivity index (χ3n) is 3.60. The molecule has 0 spiro atoms. The molecule has 0 aliphatic heterocycles. The van der Waals surface area contributed by atoms with E-state index in [1.54, 1.807) is 14.2 Å². The largest absolute Gasteiger partial charge is 0.496 e. The van der Waals surface area contributed by atoms with Gasteiger partial charge in [-0.25, -0.2) is 0 Å². The molecule has 0 atom stereocenters. The number of aliphatic hydroxyl groups excluding tert-OH is 1. The molecule has 1 aliphatic rings. The van der Waals surface area contributed by atoms with Crippen molar-refractivity contribution in [1.29, 1.82) is 0 Å². The van der Waals surface area contributed by atoms with Crippen molar-refractivity contribution >= 4 is 0 Å². The maximum Gasteiger partial charge on any atom is 0.126 e. The summed E-state index contributed by atoms with van der Waals surface area (Å²) in [6.45, 7) is 2.26. The van der Waals surface area contributed by atoms with E-state index in [2.05, 4.69) is 0 Å². The minimum absolute atomic E-state index is 0.0653. The lowest BCUT2D eigenvalue weighted by molar-refractivity contribution is 0.209. The van der Waals surface area contributed by atoms with E-state index < -0.39 is 0 Å². The summed E-state index contributed by atoms with van der Waals surface area (Å²) in [6.07, 6.45) is 3.00. The van der Waals surface area contributed by atoms with Gasteiger partial charge in [0.05, 0.1) is 14.2 Å². The minimum atomic E-state index is 0.0653. The summed E-state index contributed by atoms with van der Waals surface area (Å²) in [5, 5.41) is 9.42. The Labute approximate surface area is 102 Å². The lowest BCUT2D eigenvalue weighted by Crippen LogP contribution is -2.12. The first-order valence-electron chi connectivity index (χ1n) is 5.96. The van der Waals surface area contributed by atoms with E-state index in [0.29, 0.717) is 0 Å². The smallest absolute Gasteiger partial charge is 0.126 e. The van der Waals surface area contributed by atoms with Crippen LogP contribution >= 0.6 is 0 Å². The average molecular weight is 236 g/mol. The highest BCUT2D eigenvalue weighted by Gasteiger charge is 2.43.